The topological polar surface area (TPSA) is 80.6 Å². The second kappa shape index (κ2) is 9.57. The smallest absolute Gasteiger partial charge is 0.355 e. The molecule has 0 aliphatic rings. The van der Waals surface area contributed by atoms with Crippen molar-refractivity contribution < 1.29 is 19.1 Å². The number of aromatic nitrogens is 1. The van der Waals surface area contributed by atoms with Crippen molar-refractivity contribution in [3.63, 3.8) is 0 Å². The minimum atomic E-state index is -0.447. The van der Waals surface area contributed by atoms with E-state index in [1.807, 2.05) is 27.7 Å². The maximum absolute atomic E-state index is 13.1. The van der Waals surface area contributed by atoms with E-state index in [-0.39, 0.29) is 31.5 Å². The number of Topliss-reactive ketones (excluding diaryl/α,β-unsaturated/α-hetero) is 1. The van der Waals surface area contributed by atoms with Crippen LogP contribution >= 0.6 is 0 Å². The molecule has 0 unspecified atom stereocenters. The quantitative estimate of drug-likeness (QED) is 0.418. The second-order valence-electron chi connectivity index (χ2n) is 7.67. The first-order valence-electron chi connectivity index (χ1n) is 9.56. The van der Waals surface area contributed by atoms with E-state index < -0.39 is 11.5 Å². The molecule has 1 rings (SSSR count). The van der Waals surface area contributed by atoms with Gasteiger partial charge in [-0.05, 0) is 54.0 Å². The number of nitrogens with one attached hydrogen (secondary N) is 1. The first-order chi connectivity index (χ1) is 13.0. The first-order valence-corrected chi connectivity index (χ1v) is 9.56. The minimum absolute atomic E-state index is 0.106. The van der Waals surface area contributed by atoms with Gasteiger partial charge in [0.25, 0.3) is 0 Å². The van der Waals surface area contributed by atoms with Crippen LogP contribution < -0.4 is 5.32 Å². The van der Waals surface area contributed by atoms with E-state index >= 15 is 0 Å². The number of carbonyl (C=O) groups excluding carboxylic acids is 3. The zero-order chi connectivity index (χ0) is 21.6. The fourth-order valence-electron chi connectivity index (χ4n) is 3.19. The van der Waals surface area contributed by atoms with Crippen LogP contribution in [0.3, 0.4) is 0 Å². The molecule has 0 fully saturated rings. The maximum atomic E-state index is 13.1. The highest BCUT2D eigenvalue weighted by molar-refractivity contribution is 6.04. The number of rotatable bonds is 8. The first kappa shape index (κ1) is 23.5. The molecule has 0 aromatic carbocycles. The van der Waals surface area contributed by atoms with Crippen LogP contribution in [-0.4, -0.2) is 52.5 Å². The van der Waals surface area contributed by atoms with Crippen LogP contribution in [0.25, 0.3) is 0 Å². The molecule has 1 aromatic heterocycles. The number of ketones is 1. The van der Waals surface area contributed by atoms with Crippen LogP contribution in [0.2, 0.25) is 0 Å². The number of carbonyl (C=O) groups is 3. The molecule has 28 heavy (non-hydrogen) atoms. The number of hydrogen-bond acceptors (Lipinski definition) is 4. The summed E-state index contributed by atoms with van der Waals surface area (Å²) in [4.78, 5) is 39.4. The summed E-state index contributed by atoms with van der Waals surface area (Å²) in [6.45, 7) is 17.4. The Balaban J connectivity index is 3.24. The summed E-state index contributed by atoms with van der Waals surface area (Å²) >= 11 is 0. The minimum Gasteiger partial charge on any atom is -0.461 e. The third-order valence-electron chi connectivity index (χ3n) is 4.28. The van der Waals surface area contributed by atoms with Crippen molar-refractivity contribution in [3.05, 3.63) is 35.2 Å². The summed E-state index contributed by atoms with van der Waals surface area (Å²) in [6.07, 6.45) is 1.58. The molecular formula is C21H33N3O4. The molecule has 7 heteroatoms. The monoisotopic (exact) mass is 391 g/mol. The van der Waals surface area contributed by atoms with Crippen LogP contribution in [-0.2, 0) is 11.3 Å². The molecule has 0 radical (unpaired) electrons. The van der Waals surface area contributed by atoms with Gasteiger partial charge in [-0.2, -0.15) is 0 Å². The Morgan fingerprint density at radius 1 is 1.21 bits per heavy atom. The SMILES string of the molecule is C=CCN(CC(=O)c1c(C)c(C(=O)OCC)n(CC)c1C)C(=O)NC(C)(C)C. The Labute approximate surface area is 167 Å². The predicted molar refractivity (Wildman–Crippen MR) is 110 cm³/mol. The van der Waals surface area contributed by atoms with Crippen molar-refractivity contribution in [3.8, 4) is 0 Å². The number of esters is 1. The highest BCUT2D eigenvalue weighted by Gasteiger charge is 2.28. The number of nitrogens with zero attached hydrogens (tertiary/aromatic N) is 2. The van der Waals surface area contributed by atoms with E-state index in [4.69, 9.17) is 4.74 Å². The van der Waals surface area contributed by atoms with Gasteiger partial charge in [0.1, 0.15) is 5.69 Å². The van der Waals surface area contributed by atoms with Crippen LogP contribution in [0.15, 0.2) is 12.7 Å². The van der Waals surface area contributed by atoms with E-state index in [1.54, 1.807) is 31.4 Å². The van der Waals surface area contributed by atoms with Crippen molar-refractivity contribution in [1.29, 1.82) is 0 Å². The maximum Gasteiger partial charge on any atom is 0.355 e. The molecule has 0 bridgehead atoms. The molecule has 0 spiro atoms. The Morgan fingerprint density at radius 3 is 2.29 bits per heavy atom. The third-order valence-corrected chi connectivity index (χ3v) is 4.28. The third kappa shape index (κ3) is 5.47. The van der Waals surface area contributed by atoms with E-state index in [0.717, 1.165) is 0 Å². The molecule has 156 valence electrons. The average molecular weight is 392 g/mol. The van der Waals surface area contributed by atoms with Gasteiger partial charge in [0.2, 0.25) is 0 Å². The van der Waals surface area contributed by atoms with Gasteiger partial charge in [0.15, 0.2) is 5.78 Å². The standard InChI is InChI=1S/C21H33N3O4/c1-9-12-23(20(27)22-21(6,7)8)13-16(25)17-14(4)18(19(26)28-11-3)24(10-2)15(17)5/h9H,1,10-13H2,2-8H3,(H,22,27). The average Bonchev–Trinajstić information content (AvgIpc) is 2.83. The van der Waals surface area contributed by atoms with Crippen molar-refractivity contribution in [2.75, 3.05) is 19.7 Å². The van der Waals surface area contributed by atoms with Gasteiger partial charge in [-0.25, -0.2) is 9.59 Å². The highest BCUT2D eigenvalue weighted by Crippen LogP contribution is 2.24. The lowest BCUT2D eigenvalue weighted by atomic mass is 10.1. The molecule has 0 saturated heterocycles. The van der Waals surface area contributed by atoms with Crippen molar-refractivity contribution in [2.24, 2.45) is 0 Å². The van der Waals surface area contributed by atoms with Gasteiger partial charge in [-0.15, -0.1) is 6.58 Å². The molecule has 0 aliphatic heterocycles. The number of urea groups is 1. The zero-order valence-corrected chi connectivity index (χ0v) is 18.1. The lowest BCUT2D eigenvalue weighted by Crippen LogP contribution is -2.50. The molecule has 2 amide bonds. The number of amides is 2. The van der Waals surface area contributed by atoms with Gasteiger partial charge in [-0.3, -0.25) is 4.79 Å². The van der Waals surface area contributed by atoms with Gasteiger partial charge in [0.05, 0.1) is 13.2 Å². The second-order valence-corrected chi connectivity index (χ2v) is 7.67. The lowest BCUT2D eigenvalue weighted by Gasteiger charge is -2.27. The highest BCUT2D eigenvalue weighted by atomic mass is 16.5. The van der Waals surface area contributed by atoms with Gasteiger partial charge >= 0.3 is 12.0 Å². The summed E-state index contributed by atoms with van der Waals surface area (Å²) in [5.41, 5.74) is 1.70. The Hall–Kier alpha value is -2.57. The zero-order valence-electron chi connectivity index (χ0n) is 18.1. The van der Waals surface area contributed by atoms with E-state index in [2.05, 4.69) is 11.9 Å². The van der Waals surface area contributed by atoms with Crippen LogP contribution in [0, 0.1) is 13.8 Å². The van der Waals surface area contributed by atoms with Crippen LogP contribution in [0.1, 0.15) is 66.7 Å². The molecule has 0 aliphatic carbocycles. The molecule has 0 saturated carbocycles. The van der Waals surface area contributed by atoms with E-state index in [9.17, 15) is 14.4 Å². The van der Waals surface area contributed by atoms with Gasteiger partial charge in [0, 0.05) is 29.9 Å². The van der Waals surface area contributed by atoms with E-state index in [1.165, 1.54) is 4.90 Å². The predicted octanol–water partition coefficient (Wildman–Crippen LogP) is 3.48. The van der Waals surface area contributed by atoms with Crippen LogP contribution in [0.5, 0.6) is 0 Å². The Bertz CT molecular complexity index is 757. The largest absolute Gasteiger partial charge is 0.461 e. The Morgan fingerprint density at radius 2 is 1.82 bits per heavy atom. The fraction of sp³-hybridized carbons (Fsp3) is 0.571. The van der Waals surface area contributed by atoms with Gasteiger partial charge < -0.3 is 19.5 Å². The van der Waals surface area contributed by atoms with Gasteiger partial charge in [-0.1, -0.05) is 6.08 Å². The normalized spacial score (nSPS) is 11.1. The molecule has 1 N–H and O–H groups in total. The fourth-order valence-corrected chi connectivity index (χ4v) is 3.19. The number of hydrogen-bond donors (Lipinski definition) is 1. The van der Waals surface area contributed by atoms with Crippen molar-refractivity contribution in [1.82, 2.24) is 14.8 Å². The summed E-state index contributed by atoms with van der Waals surface area (Å²) in [5, 5.41) is 2.86. The molecule has 0 atom stereocenters. The molecule has 1 aromatic rings. The summed E-state index contributed by atoms with van der Waals surface area (Å²) in [6, 6.07) is -0.336. The summed E-state index contributed by atoms with van der Waals surface area (Å²) in [5.74, 6) is -0.670. The van der Waals surface area contributed by atoms with Crippen molar-refractivity contribution >= 4 is 17.8 Å². The molecule has 1 heterocycles. The van der Waals surface area contributed by atoms with E-state index in [0.29, 0.717) is 29.1 Å². The molecular weight excluding hydrogens is 358 g/mol. The molecule has 7 nitrogen and oxygen atoms in total. The van der Waals surface area contributed by atoms with Crippen molar-refractivity contribution in [2.45, 2.75) is 60.5 Å². The van der Waals surface area contributed by atoms with Crippen LogP contribution in [0.4, 0.5) is 4.79 Å². The summed E-state index contributed by atoms with van der Waals surface area (Å²) in [7, 11) is 0. The Kier molecular flexibility index (Phi) is 8.02. The number of ether oxygens (including phenoxy) is 1. The lowest BCUT2D eigenvalue weighted by molar-refractivity contribution is 0.0512. The summed E-state index contributed by atoms with van der Waals surface area (Å²) < 4.78 is 6.94.